The molecule has 0 aliphatic heterocycles. The van der Waals surface area contributed by atoms with E-state index in [4.69, 9.17) is 0 Å². The van der Waals surface area contributed by atoms with Crippen molar-refractivity contribution in [1.29, 1.82) is 0 Å². The van der Waals surface area contributed by atoms with E-state index in [0.29, 0.717) is 17.2 Å². The molecular weight excluding hydrogens is 401 g/mol. The van der Waals surface area contributed by atoms with E-state index >= 15 is 0 Å². The molecule has 0 radical (unpaired) electrons. The van der Waals surface area contributed by atoms with Crippen LogP contribution < -0.4 is 10.0 Å². The SMILES string of the molecule is CNS(=O)(=O)c1ccc(CCC(=O)Nc2nc(-c3ccc(F)cc3)cs2)cc1. The molecule has 1 heterocycles. The zero-order valence-corrected chi connectivity index (χ0v) is 16.6. The van der Waals surface area contributed by atoms with Crippen LogP contribution in [0.3, 0.4) is 0 Å². The van der Waals surface area contributed by atoms with Crippen molar-refractivity contribution in [3.8, 4) is 11.3 Å². The number of halogens is 1. The van der Waals surface area contributed by atoms with Gasteiger partial charge >= 0.3 is 0 Å². The van der Waals surface area contributed by atoms with Gasteiger partial charge in [0, 0.05) is 17.4 Å². The van der Waals surface area contributed by atoms with Gasteiger partial charge in [0.15, 0.2) is 5.13 Å². The number of nitrogens with zero attached hydrogens (tertiary/aromatic N) is 1. The van der Waals surface area contributed by atoms with Gasteiger partial charge in [0.05, 0.1) is 10.6 Å². The molecule has 0 atom stereocenters. The van der Waals surface area contributed by atoms with Crippen LogP contribution in [0, 0.1) is 5.82 Å². The maximum Gasteiger partial charge on any atom is 0.240 e. The fraction of sp³-hybridized carbons (Fsp3) is 0.158. The van der Waals surface area contributed by atoms with Gasteiger partial charge in [-0.05, 0) is 55.4 Å². The smallest absolute Gasteiger partial charge is 0.240 e. The predicted molar refractivity (Wildman–Crippen MR) is 107 cm³/mol. The molecule has 28 heavy (non-hydrogen) atoms. The third-order valence-corrected chi connectivity index (χ3v) is 6.22. The van der Waals surface area contributed by atoms with Crippen LogP contribution in [0.1, 0.15) is 12.0 Å². The molecule has 146 valence electrons. The van der Waals surface area contributed by atoms with Gasteiger partial charge in [-0.3, -0.25) is 4.79 Å². The minimum Gasteiger partial charge on any atom is -0.302 e. The van der Waals surface area contributed by atoms with Gasteiger partial charge < -0.3 is 5.32 Å². The molecule has 1 aromatic heterocycles. The number of hydrogen-bond acceptors (Lipinski definition) is 5. The first-order valence-corrected chi connectivity index (χ1v) is 10.8. The normalized spacial score (nSPS) is 11.4. The Hall–Kier alpha value is -2.62. The summed E-state index contributed by atoms with van der Waals surface area (Å²) in [5.41, 5.74) is 2.30. The number of nitrogens with one attached hydrogen (secondary N) is 2. The molecule has 0 bridgehead atoms. The average molecular weight is 420 g/mol. The maximum atomic E-state index is 13.0. The van der Waals surface area contributed by atoms with Crippen molar-refractivity contribution in [2.75, 3.05) is 12.4 Å². The van der Waals surface area contributed by atoms with E-state index in [0.717, 1.165) is 11.1 Å². The number of benzene rings is 2. The maximum absolute atomic E-state index is 13.0. The Bertz CT molecular complexity index is 1060. The quantitative estimate of drug-likeness (QED) is 0.614. The van der Waals surface area contributed by atoms with Gasteiger partial charge in [-0.25, -0.2) is 22.5 Å². The summed E-state index contributed by atoms with van der Waals surface area (Å²) in [6.45, 7) is 0. The number of anilines is 1. The van der Waals surface area contributed by atoms with Crippen LogP contribution in [0.2, 0.25) is 0 Å². The van der Waals surface area contributed by atoms with Crippen molar-refractivity contribution in [2.45, 2.75) is 17.7 Å². The molecule has 2 N–H and O–H groups in total. The molecule has 0 unspecified atom stereocenters. The molecule has 2 aromatic carbocycles. The van der Waals surface area contributed by atoms with Crippen LogP contribution in [0.15, 0.2) is 58.8 Å². The van der Waals surface area contributed by atoms with Gasteiger partial charge in [-0.1, -0.05) is 12.1 Å². The fourth-order valence-electron chi connectivity index (χ4n) is 2.48. The van der Waals surface area contributed by atoms with Gasteiger partial charge in [0.2, 0.25) is 15.9 Å². The number of carbonyl (C=O) groups excluding carboxylic acids is 1. The van der Waals surface area contributed by atoms with E-state index in [1.165, 1.54) is 42.6 Å². The Morgan fingerprint density at radius 2 is 1.79 bits per heavy atom. The summed E-state index contributed by atoms with van der Waals surface area (Å²) < 4.78 is 38.7. The van der Waals surface area contributed by atoms with Gasteiger partial charge in [0.25, 0.3) is 0 Å². The summed E-state index contributed by atoms with van der Waals surface area (Å²) in [4.78, 5) is 16.7. The van der Waals surface area contributed by atoms with E-state index in [-0.39, 0.29) is 23.0 Å². The number of sulfonamides is 1. The summed E-state index contributed by atoms with van der Waals surface area (Å²) in [5.74, 6) is -0.504. The second-order valence-corrected chi connectivity index (χ2v) is 8.69. The Kier molecular flexibility index (Phi) is 6.18. The molecule has 9 heteroatoms. The molecule has 3 rings (SSSR count). The number of aryl methyl sites for hydroxylation is 1. The first-order valence-electron chi connectivity index (χ1n) is 8.41. The molecular formula is C19H18FN3O3S2. The predicted octanol–water partition coefficient (Wildman–Crippen LogP) is 3.43. The van der Waals surface area contributed by atoms with E-state index in [2.05, 4.69) is 15.0 Å². The van der Waals surface area contributed by atoms with Gasteiger partial charge in [-0.15, -0.1) is 11.3 Å². The molecule has 0 spiro atoms. The second-order valence-electron chi connectivity index (χ2n) is 5.94. The molecule has 3 aromatic rings. The highest BCUT2D eigenvalue weighted by Crippen LogP contribution is 2.25. The number of rotatable bonds is 7. The van der Waals surface area contributed by atoms with Crippen molar-refractivity contribution in [1.82, 2.24) is 9.71 Å². The molecule has 0 aliphatic rings. The van der Waals surface area contributed by atoms with Crippen LogP contribution in [0.25, 0.3) is 11.3 Å². The van der Waals surface area contributed by atoms with E-state index in [1.807, 2.05) is 0 Å². The highest BCUT2D eigenvalue weighted by molar-refractivity contribution is 7.89. The number of amides is 1. The summed E-state index contributed by atoms with van der Waals surface area (Å²) in [6.07, 6.45) is 0.714. The Labute approximate surface area is 166 Å². The minimum atomic E-state index is -3.47. The number of hydrogen-bond donors (Lipinski definition) is 2. The lowest BCUT2D eigenvalue weighted by Gasteiger charge is -2.05. The first kappa shape index (κ1) is 20.1. The molecule has 0 fully saturated rings. The minimum absolute atomic E-state index is 0.180. The zero-order chi connectivity index (χ0) is 20.1. The monoisotopic (exact) mass is 419 g/mol. The lowest BCUT2D eigenvalue weighted by Crippen LogP contribution is -2.18. The van der Waals surface area contributed by atoms with Crippen LogP contribution in [-0.2, 0) is 21.2 Å². The summed E-state index contributed by atoms with van der Waals surface area (Å²) in [6, 6.07) is 12.4. The van der Waals surface area contributed by atoms with E-state index in [1.54, 1.807) is 29.6 Å². The Morgan fingerprint density at radius 3 is 2.43 bits per heavy atom. The molecule has 6 nitrogen and oxygen atoms in total. The van der Waals surface area contributed by atoms with E-state index in [9.17, 15) is 17.6 Å². The van der Waals surface area contributed by atoms with Crippen LogP contribution in [0.4, 0.5) is 9.52 Å². The van der Waals surface area contributed by atoms with Crippen molar-refractivity contribution in [3.05, 3.63) is 65.3 Å². The van der Waals surface area contributed by atoms with Crippen molar-refractivity contribution >= 4 is 32.4 Å². The number of carbonyl (C=O) groups is 1. The topological polar surface area (TPSA) is 88.2 Å². The highest BCUT2D eigenvalue weighted by Gasteiger charge is 2.12. The zero-order valence-electron chi connectivity index (χ0n) is 15.0. The van der Waals surface area contributed by atoms with Crippen molar-refractivity contribution in [3.63, 3.8) is 0 Å². The molecule has 0 aliphatic carbocycles. The van der Waals surface area contributed by atoms with Gasteiger partial charge in [-0.2, -0.15) is 0 Å². The molecule has 1 amide bonds. The van der Waals surface area contributed by atoms with Crippen molar-refractivity contribution in [2.24, 2.45) is 0 Å². The van der Waals surface area contributed by atoms with Crippen LogP contribution in [-0.4, -0.2) is 26.4 Å². The molecule has 0 saturated carbocycles. The van der Waals surface area contributed by atoms with Crippen LogP contribution >= 0.6 is 11.3 Å². The standard InChI is InChI=1S/C19H18FN3O3S2/c1-21-28(25,26)16-9-2-13(3-10-16)4-11-18(24)23-19-22-17(12-27-19)14-5-7-15(20)8-6-14/h2-3,5-10,12,21H,4,11H2,1H3,(H,22,23,24). The number of aromatic nitrogens is 1. The lowest BCUT2D eigenvalue weighted by atomic mass is 10.1. The third-order valence-electron chi connectivity index (χ3n) is 4.03. The average Bonchev–Trinajstić information content (AvgIpc) is 3.15. The Morgan fingerprint density at radius 1 is 1.11 bits per heavy atom. The number of thiazole rings is 1. The summed E-state index contributed by atoms with van der Waals surface area (Å²) in [5, 5.41) is 5.01. The lowest BCUT2D eigenvalue weighted by molar-refractivity contribution is -0.116. The summed E-state index contributed by atoms with van der Waals surface area (Å²) >= 11 is 1.30. The summed E-state index contributed by atoms with van der Waals surface area (Å²) in [7, 11) is -2.11. The van der Waals surface area contributed by atoms with Crippen LogP contribution in [0.5, 0.6) is 0 Å². The van der Waals surface area contributed by atoms with Crippen molar-refractivity contribution < 1.29 is 17.6 Å². The third kappa shape index (κ3) is 5.00. The highest BCUT2D eigenvalue weighted by atomic mass is 32.2. The van der Waals surface area contributed by atoms with E-state index < -0.39 is 10.0 Å². The molecule has 0 saturated heterocycles. The van der Waals surface area contributed by atoms with Gasteiger partial charge in [0.1, 0.15) is 5.82 Å². The largest absolute Gasteiger partial charge is 0.302 e. The Balaban J connectivity index is 1.55. The fourth-order valence-corrected chi connectivity index (χ4v) is 3.94. The second kappa shape index (κ2) is 8.59. The first-order chi connectivity index (χ1) is 13.4.